The summed E-state index contributed by atoms with van der Waals surface area (Å²) in [4.78, 5) is 24.4. The van der Waals surface area contributed by atoms with Crippen molar-refractivity contribution in [3.05, 3.63) is 93.0 Å². The van der Waals surface area contributed by atoms with Crippen molar-refractivity contribution in [2.75, 3.05) is 0 Å². The molecule has 2 unspecified atom stereocenters. The molecule has 0 bridgehead atoms. The highest BCUT2D eigenvalue weighted by Crippen LogP contribution is 2.51. The van der Waals surface area contributed by atoms with Gasteiger partial charge in [-0.15, -0.1) is 0 Å². The van der Waals surface area contributed by atoms with E-state index in [-0.39, 0.29) is 21.4 Å². The minimum absolute atomic E-state index is 0.00517. The minimum atomic E-state index is -1.68. The number of aryl methyl sites for hydroxylation is 1. The Kier molecular flexibility index (Phi) is 6.22. The highest BCUT2D eigenvalue weighted by molar-refractivity contribution is 9.12. The van der Waals surface area contributed by atoms with Gasteiger partial charge in [-0.25, -0.2) is 13.6 Å². The summed E-state index contributed by atoms with van der Waals surface area (Å²) < 4.78 is 27.9. The zero-order chi connectivity index (χ0) is 22.1. The van der Waals surface area contributed by atoms with Crippen molar-refractivity contribution in [3.63, 3.8) is 0 Å². The molecule has 0 radical (unpaired) electrons. The van der Waals surface area contributed by atoms with E-state index in [0.29, 0.717) is 18.4 Å². The molecular weight excluding hydrogens is 458 g/mol. The number of carbonyl (C=O) groups is 2. The normalized spacial score (nSPS) is 21.3. The molecule has 0 spiro atoms. The molecule has 2 N–H and O–H groups in total. The van der Waals surface area contributed by atoms with Crippen LogP contribution in [0.15, 0.2) is 70.2 Å². The van der Waals surface area contributed by atoms with Gasteiger partial charge in [0.2, 0.25) is 0 Å². The predicted molar refractivity (Wildman–Crippen MR) is 111 cm³/mol. The van der Waals surface area contributed by atoms with Crippen LogP contribution in [0.1, 0.15) is 30.4 Å². The summed E-state index contributed by atoms with van der Waals surface area (Å²) in [5.41, 5.74) is -0.560. The number of halogens is 3. The second-order valence-corrected chi connectivity index (χ2v) is 8.16. The maximum absolute atomic E-state index is 14.6. The highest BCUT2D eigenvalue weighted by Gasteiger charge is 2.49. The molecule has 0 fully saturated rings. The summed E-state index contributed by atoms with van der Waals surface area (Å²) in [6, 6.07) is 11.5. The van der Waals surface area contributed by atoms with E-state index >= 15 is 0 Å². The number of benzene rings is 2. The molecule has 0 amide bonds. The van der Waals surface area contributed by atoms with Crippen molar-refractivity contribution in [1.82, 2.24) is 0 Å². The lowest BCUT2D eigenvalue weighted by atomic mass is 9.65. The van der Waals surface area contributed by atoms with Crippen LogP contribution in [-0.4, -0.2) is 22.2 Å². The number of aliphatic carboxylic acids is 2. The average Bonchev–Trinajstić information content (AvgIpc) is 2.69. The summed E-state index contributed by atoms with van der Waals surface area (Å²) in [6.45, 7) is 1.40. The molecule has 30 heavy (non-hydrogen) atoms. The lowest BCUT2D eigenvalue weighted by Crippen LogP contribution is -2.38. The van der Waals surface area contributed by atoms with Gasteiger partial charge in [-0.2, -0.15) is 0 Å². The van der Waals surface area contributed by atoms with Gasteiger partial charge in [0.05, 0.1) is 11.0 Å². The Morgan fingerprint density at radius 3 is 2.23 bits per heavy atom. The third kappa shape index (κ3) is 4.07. The van der Waals surface area contributed by atoms with Crippen molar-refractivity contribution >= 4 is 27.9 Å². The lowest BCUT2D eigenvalue weighted by molar-refractivity contribution is -0.146. The lowest BCUT2D eigenvalue weighted by Gasteiger charge is -2.37. The molecule has 7 heteroatoms. The molecule has 0 aliphatic heterocycles. The topological polar surface area (TPSA) is 74.6 Å². The number of hydrogen-bond acceptors (Lipinski definition) is 2. The Balaban J connectivity index is 2.09. The molecule has 4 nitrogen and oxygen atoms in total. The fraction of sp³-hybridized carbons (Fsp3) is 0.217. The van der Waals surface area contributed by atoms with Crippen molar-refractivity contribution in [1.29, 1.82) is 0 Å². The van der Waals surface area contributed by atoms with E-state index < -0.39 is 29.1 Å². The van der Waals surface area contributed by atoms with Crippen molar-refractivity contribution in [2.45, 2.75) is 25.7 Å². The van der Waals surface area contributed by atoms with Crippen molar-refractivity contribution < 1.29 is 28.6 Å². The summed E-state index contributed by atoms with van der Waals surface area (Å²) >= 11 is 3.33. The fourth-order valence-corrected chi connectivity index (χ4v) is 4.52. The summed E-state index contributed by atoms with van der Waals surface area (Å²) in [7, 11) is 0. The van der Waals surface area contributed by atoms with Crippen LogP contribution < -0.4 is 0 Å². The van der Waals surface area contributed by atoms with Crippen LogP contribution in [0.25, 0.3) is 0 Å². The Hall–Kier alpha value is -2.80. The smallest absolute Gasteiger partial charge is 0.333 e. The van der Waals surface area contributed by atoms with E-state index in [1.165, 1.54) is 43.3 Å². The van der Waals surface area contributed by atoms with Crippen molar-refractivity contribution in [3.8, 4) is 0 Å². The molecule has 1 aliphatic rings. The molecule has 0 saturated carbocycles. The van der Waals surface area contributed by atoms with Crippen LogP contribution in [-0.2, 0) is 16.0 Å². The van der Waals surface area contributed by atoms with Gasteiger partial charge in [0.25, 0.3) is 0 Å². The number of allylic oxidation sites excluding steroid dienone is 2. The summed E-state index contributed by atoms with van der Waals surface area (Å²) in [5, 5.41) is 19.9. The average molecular weight is 477 g/mol. The standard InChI is InChI=1S/C23H19BrF2O4/c1-23(22(29)30)12-14(9-6-13-7-10-15(25)11-8-13)20(24)18(21(27)28)19(23)16-4-2-3-5-17(16)26/h2-5,7-8,10-12,19H,6,9H2,1H3,(H,27,28)(H,29,30). The Morgan fingerprint density at radius 2 is 1.67 bits per heavy atom. The molecule has 156 valence electrons. The minimum Gasteiger partial charge on any atom is -0.481 e. The number of carboxylic acids is 2. The van der Waals surface area contributed by atoms with E-state index in [4.69, 9.17) is 0 Å². The van der Waals surface area contributed by atoms with Gasteiger partial charge < -0.3 is 10.2 Å². The first-order valence-electron chi connectivity index (χ1n) is 9.22. The Bertz CT molecular complexity index is 1060. The fourth-order valence-electron chi connectivity index (χ4n) is 3.81. The Morgan fingerprint density at radius 1 is 1.03 bits per heavy atom. The van der Waals surface area contributed by atoms with Gasteiger partial charge in [0.1, 0.15) is 11.6 Å². The molecule has 0 aromatic heterocycles. The van der Waals surface area contributed by atoms with Crippen LogP contribution in [0, 0.1) is 17.0 Å². The van der Waals surface area contributed by atoms with Crippen molar-refractivity contribution in [2.24, 2.45) is 5.41 Å². The largest absolute Gasteiger partial charge is 0.481 e. The molecule has 0 saturated heterocycles. The van der Waals surface area contributed by atoms with Gasteiger partial charge in [0.15, 0.2) is 0 Å². The second kappa shape index (κ2) is 8.52. The molecule has 1 aliphatic carbocycles. The first-order valence-corrected chi connectivity index (χ1v) is 10.0. The zero-order valence-corrected chi connectivity index (χ0v) is 17.6. The van der Waals surface area contributed by atoms with Gasteiger partial charge in [-0.1, -0.05) is 36.4 Å². The summed E-state index contributed by atoms with van der Waals surface area (Å²) in [6.07, 6.45) is 2.27. The number of hydrogen-bond donors (Lipinski definition) is 2. The molecule has 3 rings (SSSR count). The third-order valence-electron chi connectivity index (χ3n) is 5.38. The zero-order valence-electron chi connectivity index (χ0n) is 16.0. The van der Waals surface area contributed by atoms with Crippen LogP contribution in [0.4, 0.5) is 8.78 Å². The molecule has 0 heterocycles. The van der Waals surface area contributed by atoms with E-state index in [2.05, 4.69) is 15.9 Å². The molecular formula is C23H19BrF2O4. The summed E-state index contributed by atoms with van der Waals surface area (Å²) in [5.74, 6) is -4.84. The quantitative estimate of drug-likeness (QED) is 0.581. The number of rotatable bonds is 6. The predicted octanol–water partition coefficient (Wildman–Crippen LogP) is 5.45. The van der Waals surface area contributed by atoms with Gasteiger partial charge in [0, 0.05) is 10.4 Å². The van der Waals surface area contributed by atoms with E-state index in [1.54, 1.807) is 18.2 Å². The SMILES string of the molecule is CC1(C(=O)O)C=C(CCc2ccc(F)cc2)C(Br)=C(C(=O)O)C1c1ccccc1F. The van der Waals surface area contributed by atoms with Gasteiger partial charge in [-0.05, 0) is 70.6 Å². The van der Waals surface area contributed by atoms with Crippen LogP contribution in [0.2, 0.25) is 0 Å². The highest BCUT2D eigenvalue weighted by atomic mass is 79.9. The monoisotopic (exact) mass is 476 g/mol. The van der Waals surface area contributed by atoms with Crippen LogP contribution in [0.5, 0.6) is 0 Å². The Labute approximate surface area is 180 Å². The first kappa shape index (κ1) is 21.9. The van der Waals surface area contributed by atoms with E-state index in [1.807, 2.05) is 0 Å². The van der Waals surface area contributed by atoms with Crippen LogP contribution >= 0.6 is 15.9 Å². The van der Waals surface area contributed by atoms with Gasteiger partial charge >= 0.3 is 11.9 Å². The maximum atomic E-state index is 14.6. The maximum Gasteiger partial charge on any atom is 0.333 e. The van der Waals surface area contributed by atoms with E-state index in [0.717, 1.165) is 5.56 Å². The third-order valence-corrected chi connectivity index (χ3v) is 6.32. The molecule has 2 aromatic rings. The van der Waals surface area contributed by atoms with Crippen LogP contribution in [0.3, 0.4) is 0 Å². The second-order valence-electron chi connectivity index (χ2n) is 7.37. The number of carboxylic acid groups (broad SMARTS) is 2. The molecule has 2 aromatic carbocycles. The molecule has 2 atom stereocenters. The van der Waals surface area contributed by atoms with E-state index in [9.17, 15) is 28.6 Å². The first-order chi connectivity index (χ1) is 14.1. The van der Waals surface area contributed by atoms with Gasteiger partial charge in [-0.3, -0.25) is 4.79 Å².